The topological polar surface area (TPSA) is 133 Å². The van der Waals surface area contributed by atoms with Gasteiger partial charge in [0.2, 0.25) is 0 Å². The van der Waals surface area contributed by atoms with Gasteiger partial charge in [-0.25, -0.2) is 4.79 Å². The molecule has 1 amide bonds. The Morgan fingerprint density at radius 3 is 2.44 bits per heavy atom. The molecule has 0 radical (unpaired) electrons. The summed E-state index contributed by atoms with van der Waals surface area (Å²) < 4.78 is 5.05. The highest BCUT2D eigenvalue weighted by Gasteiger charge is 2.26. The number of unbranched alkanes of at least 4 members (excludes halogenated alkanes) is 1. The fraction of sp³-hybridized carbons (Fsp3) is 0.444. The summed E-state index contributed by atoms with van der Waals surface area (Å²) in [6, 6.07) is 8.14. The average molecular weight is 380 g/mol. The zero-order valence-electron chi connectivity index (χ0n) is 14.9. The molecule has 0 aliphatic rings. The van der Waals surface area contributed by atoms with E-state index in [1.165, 1.54) is 0 Å². The van der Waals surface area contributed by atoms with E-state index in [0.29, 0.717) is 25.7 Å². The molecule has 0 spiro atoms. The summed E-state index contributed by atoms with van der Waals surface area (Å²) >= 11 is 0. The number of nitrogens with one attached hydrogen (secondary N) is 1. The molecule has 1 rings (SSSR count). The van der Waals surface area contributed by atoms with E-state index in [1.807, 2.05) is 30.3 Å². The lowest BCUT2D eigenvalue weighted by Crippen LogP contribution is -2.45. The Morgan fingerprint density at radius 2 is 1.85 bits per heavy atom. The van der Waals surface area contributed by atoms with Crippen LogP contribution in [-0.2, 0) is 25.7 Å². The van der Waals surface area contributed by atoms with Crippen LogP contribution in [0.5, 0.6) is 0 Å². The molecule has 9 heteroatoms. The first-order chi connectivity index (χ1) is 12.9. The second-order valence-electron chi connectivity index (χ2n) is 5.83. The van der Waals surface area contributed by atoms with Gasteiger partial charge in [-0.2, -0.15) is 0 Å². The number of aliphatic carboxylic acids is 2. The Kier molecular flexibility index (Phi) is 10.2. The maximum Gasteiger partial charge on any atom is 0.407 e. The van der Waals surface area contributed by atoms with Crippen LogP contribution in [-0.4, -0.2) is 65.1 Å². The maximum absolute atomic E-state index is 11.6. The minimum Gasteiger partial charge on any atom is -0.480 e. The Morgan fingerprint density at radius 1 is 1.15 bits per heavy atom. The van der Waals surface area contributed by atoms with E-state index in [4.69, 9.17) is 9.84 Å². The van der Waals surface area contributed by atoms with Crippen LogP contribution in [0.3, 0.4) is 0 Å². The Hall–Kier alpha value is -2.94. The molecule has 9 nitrogen and oxygen atoms in total. The fourth-order valence-electron chi connectivity index (χ4n) is 2.46. The van der Waals surface area contributed by atoms with Crippen molar-refractivity contribution >= 4 is 24.3 Å². The van der Waals surface area contributed by atoms with Crippen molar-refractivity contribution in [2.24, 2.45) is 0 Å². The van der Waals surface area contributed by atoms with Crippen LogP contribution in [0.25, 0.3) is 0 Å². The van der Waals surface area contributed by atoms with Crippen LogP contribution in [0, 0.1) is 0 Å². The zero-order chi connectivity index (χ0) is 20.1. The average Bonchev–Trinajstić information content (AvgIpc) is 2.63. The molecule has 0 saturated heterocycles. The number of carbonyl (C=O) groups excluding carboxylic acids is 2. The minimum absolute atomic E-state index is 0.156. The third-order valence-electron chi connectivity index (χ3n) is 3.76. The lowest BCUT2D eigenvalue weighted by Gasteiger charge is -2.25. The first-order valence-electron chi connectivity index (χ1n) is 8.51. The van der Waals surface area contributed by atoms with Gasteiger partial charge in [-0.1, -0.05) is 30.3 Å². The van der Waals surface area contributed by atoms with Gasteiger partial charge >= 0.3 is 18.0 Å². The molecule has 0 aliphatic carbocycles. The number of carbonyl (C=O) groups is 4. The van der Waals surface area contributed by atoms with Gasteiger partial charge in [-0.15, -0.1) is 0 Å². The molecule has 1 aromatic rings. The van der Waals surface area contributed by atoms with Crippen molar-refractivity contribution in [1.82, 2.24) is 10.2 Å². The standard InChI is InChI=1S/C18H24N2O7/c21-11-10-20(12-16(22)23)15(17(24)25)8-4-5-9-19-18(26)27-13-14-6-2-1-3-7-14/h1-3,6-7,11,15H,4-5,8-10,12-13H2,(H,19,26)(H,22,23)(H,24,25). The molecule has 3 N–H and O–H groups in total. The van der Waals surface area contributed by atoms with Gasteiger partial charge in [0.15, 0.2) is 0 Å². The van der Waals surface area contributed by atoms with E-state index >= 15 is 0 Å². The van der Waals surface area contributed by atoms with E-state index < -0.39 is 30.6 Å². The lowest BCUT2D eigenvalue weighted by atomic mass is 10.1. The number of alkyl carbamates (subject to hydrolysis) is 1. The van der Waals surface area contributed by atoms with Crippen LogP contribution in [0.15, 0.2) is 30.3 Å². The molecule has 0 saturated carbocycles. The summed E-state index contributed by atoms with van der Waals surface area (Å²) in [5.74, 6) is -2.39. The third-order valence-corrected chi connectivity index (χ3v) is 3.76. The van der Waals surface area contributed by atoms with Gasteiger partial charge in [0.25, 0.3) is 0 Å². The van der Waals surface area contributed by atoms with E-state index in [0.717, 1.165) is 10.5 Å². The molecular weight excluding hydrogens is 356 g/mol. The summed E-state index contributed by atoms with van der Waals surface area (Å²) in [6.45, 7) is -0.344. The molecule has 0 fully saturated rings. The van der Waals surface area contributed by atoms with Crippen molar-refractivity contribution in [2.45, 2.75) is 31.9 Å². The second kappa shape index (κ2) is 12.4. The van der Waals surface area contributed by atoms with Crippen LogP contribution in [0.2, 0.25) is 0 Å². The number of nitrogens with zero attached hydrogens (tertiary/aromatic N) is 1. The summed E-state index contributed by atoms with van der Waals surface area (Å²) in [5, 5.41) is 20.7. The van der Waals surface area contributed by atoms with Gasteiger partial charge in [0.1, 0.15) is 18.9 Å². The highest BCUT2D eigenvalue weighted by Crippen LogP contribution is 2.09. The third kappa shape index (κ3) is 9.36. The van der Waals surface area contributed by atoms with Crippen molar-refractivity contribution in [3.63, 3.8) is 0 Å². The summed E-state index contributed by atoms with van der Waals surface area (Å²) in [5.41, 5.74) is 0.866. The van der Waals surface area contributed by atoms with Gasteiger partial charge in [0, 0.05) is 6.54 Å². The number of benzene rings is 1. The fourth-order valence-corrected chi connectivity index (χ4v) is 2.46. The van der Waals surface area contributed by atoms with E-state index in [-0.39, 0.29) is 19.6 Å². The second-order valence-corrected chi connectivity index (χ2v) is 5.83. The molecule has 0 bridgehead atoms. The normalized spacial score (nSPS) is 11.6. The highest BCUT2D eigenvalue weighted by molar-refractivity contribution is 5.76. The number of aldehydes is 1. The molecular formula is C18H24N2O7. The quantitative estimate of drug-likeness (QED) is 0.342. The molecule has 0 heterocycles. The number of rotatable bonds is 13. The van der Waals surface area contributed by atoms with Crippen LogP contribution >= 0.6 is 0 Å². The van der Waals surface area contributed by atoms with Crippen molar-refractivity contribution in [3.8, 4) is 0 Å². The summed E-state index contributed by atoms with van der Waals surface area (Å²) in [7, 11) is 0. The van der Waals surface area contributed by atoms with Gasteiger partial charge in [0.05, 0.1) is 13.1 Å². The molecule has 1 unspecified atom stereocenters. The van der Waals surface area contributed by atoms with E-state index in [2.05, 4.69) is 5.32 Å². The first kappa shape index (κ1) is 22.1. The molecule has 0 aromatic heterocycles. The van der Waals surface area contributed by atoms with Crippen molar-refractivity contribution in [2.75, 3.05) is 19.6 Å². The Labute approximate surface area is 156 Å². The van der Waals surface area contributed by atoms with E-state index in [1.54, 1.807) is 0 Å². The Balaban J connectivity index is 2.30. The number of carboxylic acid groups (broad SMARTS) is 2. The van der Waals surface area contributed by atoms with Crippen molar-refractivity contribution in [1.29, 1.82) is 0 Å². The van der Waals surface area contributed by atoms with Crippen molar-refractivity contribution < 1.29 is 34.1 Å². The number of amides is 1. The lowest BCUT2D eigenvalue weighted by molar-refractivity contribution is -0.146. The minimum atomic E-state index is -1.20. The number of ether oxygens (including phenoxy) is 1. The number of carboxylic acids is 2. The predicted molar refractivity (Wildman–Crippen MR) is 95.2 cm³/mol. The molecule has 148 valence electrons. The van der Waals surface area contributed by atoms with Gasteiger partial charge < -0.3 is 25.1 Å². The molecule has 27 heavy (non-hydrogen) atoms. The van der Waals surface area contributed by atoms with E-state index in [9.17, 15) is 24.3 Å². The molecule has 0 aliphatic heterocycles. The van der Waals surface area contributed by atoms with Gasteiger partial charge in [-0.05, 0) is 24.8 Å². The van der Waals surface area contributed by atoms with Crippen LogP contribution < -0.4 is 5.32 Å². The largest absolute Gasteiger partial charge is 0.480 e. The Bertz CT molecular complexity index is 621. The SMILES string of the molecule is O=CCN(CC(=O)O)C(CCCCNC(=O)OCc1ccccc1)C(=O)O. The maximum atomic E-state index is 11.6. The van der Waals surface area contributed by atoms with Crippen LogP contribution in [0.1, 0.15) is 24.8 Å². The number of hydrogen-bond acceptors (Lipinski definition) is 6. The van der Waals surface area contributed by atoms with Crippen molar-refractivity contribution in [3.05, 3.63) is 35.9 Å². The summed E-state index contributed by atoms with van der Waals surface area (Å²) in [4.78, 5) is 45.5. The monoisotopic (exact) mass is 380 g/mol. The van der Waals surface area contributed by atoms with Crippen LogP contribution in [0.4, 0.5) is 4.79 Å². The molecule has 1 aromatic carbocycles. The smallest absolute Gasteiger partial charge is 0.407 e. The number of hydrogen-bond donors (Lipinski definition) is 3. The molecule has 1 atom stereocenters. The highest BCUT2D eigenvalue weighted by atomic mass is 16.5. The predicted octanol–water partition coefficient (Wildman–Crippen LogP) is 1.12. The van der Waals surface area contributed by atoms with Gasteiger partial charge in [-0.3, -0.25) is 14.5 Å². The summed E-state index contributed by atoms with van der Waals surface area (Å²) in [6.07, 6.45) is 0.999. The zero-order valence-corrected chi connectivity index (χ0v) is 14.9. The first-order valence-corrected chi connectivity index (χ1v) is 8.51.